The molecule has 1 fully saturated rings. The quantitative estimate of drug-likeness (QED) is 0.642. The van der Waals surface area contributed by atoms with Crippen molar-refractivity contribution in [2.24, 2.45) is 5.92 Å². The average Bonchev–Trinajstić information content (AvgIpc) is 2.11. The molecule has 1 aliphatic carbocycles. The van der Waals surface area contributed by atoms with E-state index < -0.39 is 0 Å². The number of hydrogen-bond acceptors (Lipinski definition) is 5. The summed E-state index contributed by atoms with van der Waals surface area (Å²) in [7, 11) is 0. The third-order valence-corrected chi connectivity index (χ3v) is 2.44. The van der Waals surface area contributed by atoms with E-state index in [1.807, 2.05) is 0 Å². The molecule has 5 heteroatoms. The van der Waals surface area contributed by atoms with Crippen LogP contribution in [0, 0.1) is 5.92 Å². The summed E-state index contributed by atoms with van der Waals surface area (Å²) < 4.78 is 0. The maximum atomic E-state index is 9.08. The first-order valence-corrected chi connectivity index (χ1v) is 4.73. The number of nitrogen functional groups attached to an aromatic ring is 1. The molecule has 1 heterocycles. The Balaban J connectivity index is 1.80. The van der Waals surface area contributed by atoms with Gasteiger partial charge in [-0.1, -0.05) is 0 Å². The molecule has 0 aromatic carbocycles. The third kappa shape index (κ3) is 2.11. The lowest BCUT2D eigenvalue weighted by Crippen LogP contribution is -2.33. The molecule has 0 spiro atoms. The van der Waals surface area contributed by atoms with E-state index in [4.69, 9.17) is 10.8 Å². The lowest BCUT2D eigenvalue weighted by molar-refractivity contribution is 0.0486. The molecular weight excluding hydrogens is 180 g/mol. The number of hydrogen-bond donors (Lipinski definition) is 3. The first-order chi connectivity index (χ1) is 6.74. The van der Waals surface area contributed by atoms with Crippen LogP contribution in [-0.2, 0) is 0 Å². The maximum Gasteiger partial charge on any atom is 0.146 e. The summed E-state index contributed by atoms with van der Waals surface area (Å²) in [6.45, 7) is 0.829. The Bertz CT molecular complexity index is 311. The SMILES string of the molecule is Nc1cncc(NCC2CC(O)C2)n1. The minimum absolute atomic E-state index is 0.103. The van der Waals surface area contributed by atoms with E-state index in [1.165, 1.54) is 6.20 Å². The molecule has 76 valence electrons. The van der Waals surface area contributed by atoms with Crippen LogP contribution in [0.2, 0.25) is 0 Å². The smallest absolute Gasteiger partial charge is 0.146 e. The van der Waals surface area contributed by atoms with Crippen molar-refractivity contribution in [3.63, 3.8) is 0 Å². The number of nitrogens with two attached hydrogens (primary N) is 1. The summed E-state index contributed by atoms with van der Waals surface area (Å²) in [4.78, 5) is 7.99. The van der Waals surface area contributed by atoms with Gasteiger partial charge >= 0.3 is 0 Å². The van der Waals surface area contributed by atoms with Crippen LogP contribution in [0.15, 0.2) is 12.4 Å². The van der Waals surface area contributed by atoms with Gasteiger partial charge in [-0.05, 0) is 18.8 Å². The van der Waals surface area contributed by atoms with Crippen LogP contribution in [0.1, 0.15) is 12.8 Å². The van der Waals surface area contributed by atoms with Gasteiger partial charge in [0.1, 0.15) is 11.6 Å². The molecule has 0 aliphatic heterocycles. The summed E-state index contributed by atoms with van der Waals surface area (Å²) in [5.41, 5.74) is 5.48. The summed E-state index contributed by atoms with van der Waals surface area (Å²) >= 11 is 0. The second kappa shape index (κ2) is 3.79. The van der Waals surface area contributed by atoms with Crippen LogP contribution in [0.3, 0.4) is 0 Å². The fourth-order valence-corrected chi connectivity index (χ4v) is 1.58. The molecule has 1 aromatic rings. The zero-order chi connectivity index (χ0) is 9.97. The zero-order valence-electron chi connectivity index (χ0n) is 7.85. The van der Waals surface area contributed by atoms with Crippen LogP contribution >= 0.6 is 0 Å². The van der Waals surface area contributed by atoms with Crippen LogP contribution in [0.5, 0.6) is 0 Å². The summed E-state index contributed by atoms with van der Waals surface area (Å²) in [5.74, 6) is 1.67. The molecule has 0 radical (unpaired) electrons. The van der Waals surface area contributed by atoms with Crippen molar-refractivity contribution >= 4 is 11.6 Å². The van der Waals surface area contributed by atoms with Crippen molar-refractivity contribution in [1.82, 2.24) is 9.97 Å². The predicted octanol–water partition coefficient (Wildman–Crippen LogP) is 0.242. The number of aromatic nitrogens is 2. The van der Waals surface area contributed by atoms with Gasteiger partial charge in [-0.2, -0.15) is 0 Å². The van der Waals surface area contributed by atoms with Crippen molar-refractivity contribution in [3.05, 3.63) is 12.4 Å². The van der Waals surface area contributed by atoms with Crippen molar-refractivity contribution in [3.8, 4) is 0 Å². The summed E-state index contributed by atoms with van der Waals surface area (Å²) in [6.07, 6.45) is 4.81. The topological polar surface area (TPSA) is 84.1 Å². The molecular formula is C9H14N4O. The third-order valence-electron chi connectivity index (χ3n) is 2.44. The first-order valence-electron chi connectivity index (χ1n) is 4.73. The van der Waals surface area contributed by atoms with E-state index in [2.05, 4.69) is 15.3 Å². The van der Waals surface area contributed by atoms with E-state index in [0.717, 1.165) is 19.4 Å². The van der Waals surface area contributed by atoms with E-state index in [9.17, 15) is 0 Å². The number of nitrogens with one attached hydrogen (secondary N) is 1. The number of aliphatic hydroxyl groups excluding tert-OH is 1. The van der Waals surface area contributed by atoms with Crippen molar-refractivity contribution in [2.45, 2.75) is 18.9 Å². The van der Waals surface area contributed by atoms with Gasteiger partial charge in [0.15, 0.2) is 0 Å². The second-order valence-corrected chi connectivity index (χ2v) is 3.70. The van der Waals surface area contributed by atoms with E-state index in [1.54, 1.807) is 6.20 Å². The summed E-state index contributed by atoms with van der Waals surface area (Å²) in [6, 6.07) is 0. The molecule has 0 bridgehead atoms. The van der Waals surface area contributed by atoms with Crippen LogP contribution in [-0.4, -0.2) is 27.7 Å². The Morgan fingerprint density at radius 2 is 2.29 bits per heavy atom. The Morgan fingerprint density at radius 3 is 2.93 bits per heavy atom. The van der Waals surface area contributed by atoms with Crippen molar-refractivity contribution < 1.29 is 5.11 Å². The molecule has 0 amide bonds. The van der Waals surface area contributed by atoms with Crippen LogP contribution < -0.4 is 11.1 Å². The first kappa shape index (κ1) is 9.21. The second-order valence-electron chi connectivity index (χ2n) is 3.70. The van der Waals surface area contributed by atoms with Gasteiger partial charge in [-0.3, -0.25) is 4.98 Å². The molecule has 0 unspecified atom stereocenters. The van der Waals surface area contributed by atoms with Crippen LogP contribution in [0.25, 0.3) is 0 Å². The Kier molecular flexibility index (Phi) is 2.49. The normalized spacial score (nSPS) is 25.5. The minimum Gasteiger partial charge on any atom is -0.393 e. The lowest BCUT2D eigenvalue weighted by Gasteiger charge is -2.31. The van der Waals surface area contributed by atoms with E-state index in [-0.39, 0.29) is 6.10 Å². The fraction of sp³-hybridized carbons (Fsp3) is 0.556. The highest BCUT2D eigenvalue weighted by molar-refractivity contribution is 5.38. The Morgan fingerprint density at radius 1 is 1.50 bits per heavy atom. The molecule has 5 nitrogen and oxygen atoms in total. The average molecular weight is 194 g/mol. The van der Waals surface area contributed by atoms with Crippen molar-refractivity contribution in [1.29, 1.82) is 0 Å². The molecule has 1 saturated carbocycles. The van der Waals surface area contributed by atoms with Gasteiger partial charge in [0, 0.05) is 6.54 Å². The lowest BCUT2D eigenvalue weighted by atomic mass is 9.82. The molecule has 0 atom stereocenters. The van der Waals surface area contributed by atoms with Gasteiger partial charge in [0.05, 0.1) is 18.5 Å². The summed E-state index contributed by atoms with van der Waals surface area (Å²) in [5, 5.41) is 12.2. The van der Waals surface area contributed by atoms with E-state index in [0.29, 0.717) is 17.6 Å². The minimum atomic E-state index is -0.103. The van der Waals surface area contributed by atoms with Crippen molar-refractivity contribution in [2.75, 3.05) is 17.6 Å². The highest BCUT2D eigenvalue weighted by atomic mass is 16.3. The molecule has 1 aromatic heterocycles. The zero-order valence-corrected chi connectivity index (χ0v) is 7.85. The number of rotatable bonds is 3. The van der Waals surface area contributed by atoms with Gasteiger partial charge < -0.3 is 16.2 Å². The van der Waals surface area contributed by atoms with Gasteiger partial charge in [0.2, 0.25) is 0 Å². The number of nitrogens with zero attached hydrogens (tertiary/aromatic N) is 2. The fourth-order valence-electron chi connectivity index (χ4n) is 1.58. The van der Waals surface area contributed by atoms with Gasteiger partial charge in [-0.25, -0.2) is 4.98 Å². The largest absolute Gasteiger partial charge is 0.393 e. The molecule has 1 aliphatic rings. The highest BCUT2D eigenvalue weighted by Gasteiger charge is 2.26. The Labute approximate surface area is 82.4 Å². The highest BCUT2D eigenvalue weighted by Crippen LogP contribution is 2.26. The van der Waals surface area contributed by atoms with Gasteiger partial charge in [0.25, 0.3) is 0 Å². The van der Waals surface area contributed by atoms with Crippen LogP contribution in [0.4, 0.5) is 11.6 Å². The molecule has 2 rings (SSSR count). The standard InChI is InChI=1S/C9H14N4O/c10-8-4-11-5-9(13-8)12-3-6-1-7(14)2-6/h4-7,14H,1-3H2,(H3,10,12,13). The predicted molar refractivity (Wildman–Crippen MR) is 53.7 cm³/mol. The van der Waals surface area contributed by atoms with E-state index >= 15 is 0 Å². The maximum absolute atomic E-state index is 9.08. The number of aliphatic hydroxyl groups is 1. The number of anilines is 2. The molecule has 14 heavy (non-hydrogen) atoms. The molecule has 4 N–H and O–H groups in total. The van der Waals surface area contributed by atoms with Gasteiger partial charge in [-0.15, -0.1) is 0 Å². The monoisotopic (exact) mass is 194 g/mol. The molecule has 0 saturated heterocycles. The Hall–Kier alpha value is -1.36.